The number of hydrogen-bond acceptors (Lipinski definition) is 4. The predicted molar refractivity (Wildman–Crippen MR) is 94.3 cm³/mol. The van der Waals surface area contributed by atoms with Gasteiger partial charge >= 0.3 is 6.18 Å². The third-order valence-corrected chi connectivity index (χ3v) is 5.64. The zero-order valence-electron chi connectivity index (χ0n) is 15.1. The van der Waals surface area contributed by atoms with Crippen LogP contribution in [0.1, 0.15) is 18.1 Å². The van der Waals surface area contributed by atoms with Gasteiger partial charge in [-0.1, -0.05) is 6.07 Å². The highest BCUT2D eigenvalue weighted by atomic mass is 32.2. The second-order valence-corrected chi connectivity index (χ2v) is 7.75. The standard InChI is InChI=1S/C18H20F3NO4S/c1-4-26-16-10-5-13(11-17(16)25-3)12-22(2)27(23,24)15-8-6-14(7-9-15)18(19,20)21/h5-11H,4,12H2,1-3H3. The quantitative estimate of drug-likeness (QED) is 0.703. The van der Waals surface area contributed by atoms with E-state index in [9.17, 15) is 21.6 Å². The molecule has 0 bridgehead atoms. The van der Waals surface area contributed by atoms with Gasteiger partial charge in [-0.2, -0.15) is 17.5 Å². The Balaban J connectivity index is 2.22. The Labute approximate surface area is 156 Å². The first kappa shape index (κ1) is 21.0. The van der Waals surface area contributed by atoms with Crippen LogP contribution in [-0.4, -0.2) is 33.5 Å². The van der Waals surface area contributed by atoms with Gasteiger partial charge in [0.1, 0.15) is 0 Å². The van der Waals surface area contributed by atoms with Crippen molar-refractivity contribution in [3.8, 4) is 11.5 Å². The predicted octanol–water partition coefficient (Wildman–Crippen LogP) is 3.93. The maximum atomic E-state index is 12.6. The molecule has 5 nitrogen and oxygen atoms in total. The molecule has 0 saturated carbocycles. The first-order chi connectivity index (χ1) is 12.6. The van der Waals surface area contributed by atoms with Gasteiger partial charge < -0.3 is 9.47 Å². The normalized spacial score (nSPS) is 12.3. The van der Waals surface area contributed by atoms with Crippen LogP contribution in [0.2, 0.25) is 0 Å². The average Bonchev–Trinajstić information content (AvgIpc) is 2.62. The molecule has 2 aromatic rings. The number of benzene rings is 2. The van der Waals surface area contributed by atoms with Crippen molar-refractivity contribution in [2.24, 2.45) is 0 Å². The molecule has 0 saturated heterocycles. The largest absolute Gasteiger partial charge is 0.493 e. The number of ether oxygens (including phenoxy) is 2. The molecule has 0 aliphatic rings. The fourth-order valence-electron chi connectivity index (χ4n) is 2.42. The first-order valence-electron chi connectivity index (χ1n) is 8.03. The van der Waals surface area contributed by atoms with E-state index in [2.05, 4.69) is 0 Å². The van der Waals surface area contributed by atoms with Crippen LogP contribution in [0.5, 0.6) is 11.5 Å². The van der Waals surface area contributed by atoms with E-state index in [1.165, 1.54) is 14.2 Å². The number of rotatable bonds is 7. The fourth-order valence-corrected chi connectivity index (χ4v) is 3.58. The van der Waals surface area contributed by atoms with E-state index in [-0.39, 0.29) is 11.4 Å². The Morgan fingerprint density at radius 3 is 2.19 bits per heavy atom. The van der Waals surface area contributed by atoms with E-state index in [0.717, 1.165) is 28.6 Å². The molecule has 0 heterocycles. The van der Waals surface area contributed by atoms with Gasteiger partial charge in [0.15, 0.2) is 11.5 Å². The number of methoxy groups -OCH3 is 1. The maximum Gasteiger partial charge on any atom is 0.416 e. The number of nitrogens with zero attached hydrogens (tertiary/aromatic N) is 1. The van der Waals surface area contributed by atoms with Gasteiger partial charge in [-0.05, 0) is 48.9 Å². The Bertz CT molecular complexity index is 880. The molecule has 2 rings (SSSR count). The molecule has 0 spiro atoms. The summed E-state index contributed by atoms with van der Waals surface area (Å²) in [5.74, 6) is 1.01. The molecule has 0 aromatic heterocycles. The van der Waals surface area contributed by atoms with Crippen molar-refractivity contribution in [3.05, 3.63) is 53.6 Å². The van der Waals surface area contributed by atoms with E-state index < -0.39 is 21.8 Å². The molecule has 0 unspecified atom stereocenters. The van der Waals surface area contributed by atoms with Crippen molar-refractivity contribution in [1.29, 1.82) is 0 Å². The van der Waals surface area contributed by atoms with Gasteiger partial charge in [0.2, 0.25) is 10.0 Å². The van der Waals surface area contributed by atoms with Crippen molar-refractivity contribution >= 4 is 10.0 Å². The Hall–Kier alpha value is -2.26. The minimum absolute atomic E-state index is 0.0200. The average molecular weight is 403 g/mol. The first-order valence-corrected chi connectivity index (χ1v) is 9.47. The number of halogens is 3. The monoisotopic (exact) mass is 403 g/mol. The van der Waals surface area contributed by atoms with Crippen molar-refractivity contribution in [2.45, 2.75) is 24.5 Å². The SMILES string of the molecule is CCOc1ccc(CN(C)S(=O)(=O)c2ccc(C(F)(F)F)cc2)cc1OC. The summed E-state index contributed by atoms with van der Waals surface area (Å²) in [5, 5.41) is 0. The summed E-state index contributed by atoms with van der Waals surface area (Å²) in [7, 11) is -1.11. The van der Waals surface area contributed by atoms with Crippen LogP contribution >= 0.6 is 0 Å². The lowest BCUT2D eigenvalue weighted by Gasteiger charge is -2.19. The van der Waals surface area contributed by atoms with Crippen LogP contribution < -0.4 is 9.47 Å². The van der Waals surface area contributed by atoms with Gasteiger partial charge in [0, 0.05) is 13.6 Å². The molecule has 0 fully saturated rings. The molecule has 27 heavy (non-hydrogen) atoms. The maximum absolute atomic E-state index is 12.6. The van der Waals surface area contributed by atoms with E-state index >= 15 is 0 Å². The van der Waals surface area contributed by atoms with Crippen LogP contribution in [0, 0.1) is 0 Å². The summed E-state index contributed by atoms with van der Waals surface area (Å²) in [6.45, 7) is 2.31. The summed E-state index contributed by atoms with van der Waals surface area (Å²) in [4.78, 5) is -0.212. The van der Waals surface area contributed by atoms with Crippen LogP contribution in [0.25, 0.3) is 0 Å². The molecule has 0 N–H and O–H groups in total. The summed E-state index contributed by atoms with van der Waals surface area (Å²) < 4.78 is 74.8. The van der Waals surface area contributed by atoms with Gasteiger partial charge in [-0.25, -0.2) is 8.42 Å². The number of sulfonamides is 1. The molecular weight excluding hydrogens is 383 g/mol. The molecule has 9 heteroatoms. The fraction of sp³-hybridized carbons (Fsp3) is 0.333. The van der Waals surface area contributed by atoms with Crippen molar-refractivity contribution in [3.63, 3.8) is 0 Å². The molecule has 0 amide bonds. The third-order valence-electron chi connectivity index (χ3n) is 3.82. The second kappa shape index (κ2) is 8.18. The third kappa shape index (κ3) is 4.92. The van der Waals surface area contributed by atoms with Crippen LogP contribution in [-0.2, 0) is 22.7 Å². The van der Waals surface area contributed by atoms with E-state index in [4.69, 9.17) is 9.47 Å². The lowest BCUT2D eigenvalue weighted by atomic mass is 10.2. The summed E-state index contributed by atoms with van der Waals surface area (Å²) in [6.07, 6.45) is -4.52. The second-order valence-electron chi connectivity index (χ2n) is 5.70. The molecule has 0 aliphatic heterocycles. The molecule has 0 aliphatic carbocycles. The van der Waals surface area contributed by atoms with Crippen LogP contribution in [0.3, 0.4) is 0 Å². The summed E-state index contributed by atoms with van der Waals surface area (Å²) in [5.41, 5.74) is -0.256. The van der Waals surface area contributed by atoms with Crippen molar-refractivity contribution in [2.75, 3.05) is 20.8 Å². The molecule has 2 aromatic carbocycles. The molecule has 0 radical (unpaired) electrons. The zero-order chi connectivity index (χ0) is 20.2. The Morgan fingerprint density at radius 1 is 1.04 bits per heavy atom. The molecule has 148 valence electrons. The minimum Gasteiger partial charge on any atom is -0.493 e. The van der Waals surface area contributed by atoms with Gasteiger partial charge in [0.05, 0.1) is 24.2 Å². The van der Waals surface area contributed by atoms with E-state index in [1.54, 1.807) is 18.2 Å². The highest BCUT2D eigenvalue weighted by molar-refractivity contribution is 7.89. The Morgan fingerprint density at radius 2 is 1.67 bits per heavy atom. The van der Waals surface area contributed by atoms with Gasteiger partial charge in [-0.15, -0.1) is 0 Å². The van der Waals surface area contributed by atoms with Gasteiger partial charge in [0.25, 0.3) is 0 Å². The highest BCUT2D eigenvalue weighted by Gasteiger charge is 2.31. The number of alkyl halides is 3. The summed E-state index contributed by atoms with van der Waals surface area (Å²) >= 11 is 0. The summed E-state index contributed by atoms with van der Waals surface area (Å²) in [6, 6.07) is 8.44. The molecule has 0 atom stereocenters. The topological polar surface area (TPSA) is 55.8 Å². The lowest BCUT2D eigenvalue weighted by molar-refractivity contribution is -0.137. The zero-order valence-corrected chi connectivity index (χ0v) is 15.9. The lowest BCUT2D eigenvalue weighted by Crippen LogP contribution is -2.26. The smallest absolute Gasteiger partial charge is 0.416 e. The van der Waals surface area contributed by atoms with Crippen LogP contribution in [0.4, 0.5) is 13.2 Å². The highest BCUT2D eigenvalue weighted by Crippen LogP contribution is 2.31. The van der Waals surface area contributed by atoms with Crippen molar-refractivity contribution in [1.82, 2.24) is 4.31 Å². The van der Waals surface area contributed by atoms with Crippen molar-refractivity contribution < 1.29 is 31.1 Å². The van der Waals surface area contributed by atoms with Gasteiger partial charge in [-0.3, -0.25) is 0 Å². The van der Waals surface area contributed by atoms with E-state index in [1.807, 2.05) is 6.92 Å². The van der Waals surface area contributed by atoms with E-state index in [0.29, 0.717) is 23.7 Å². The van der Waals surface area contributed by atoms with Crippen LogP contribution in [0.15, 0.2) is 47.4 Å². The minimum atomic E-state index is -4.52. The Kier molecular flexibility index (Phi) is 6.38. The number of hydrogen-bond donors (Lipinski definition) is 0. The molecular formula is C18H20F3NO4S.